The SMILES string of the molecule is O=C(C=Cc1ccc(Br)o1)NCC(O)C(=O)O. The van der Waals surface area contributed by atoms with Gasteiger partial charge in [-0.15, -0.1) is 0 Å². The summed E-state index contributed by atoms with van der Waals surface area (Å²) in [4.78, 5) is 21.4. The number of aliphatic hydroxyl groups is 1. The molecule has 6 nitrogen and oxygen atoms in total. The van der Waals surface area contributed by atoms with Gasteiger partial charge in [-0.05, 0) is 34.1 Å². The summed E-state index contributed by atoms with van der Waals surface area (Å²) in [7, 11) is 0. The quantitative estimate of drug-likeness (QED) is 0.692. The number of carbonyl (C=O) groups excluding carboxylic acids is 1. The molecular weight excluding hydrogens is 294 g/mol. The Morgan fingerprint density at radius 1 is 1.53 bits per heavy atom. The van der Waals surface area contributed by atoms with Crippen LogP contribution >= 0.6 is 15.9 Å². The first-order valence-corrected chi connectivity index (χ1v) is 5.40. The van der Waals surface area contributed by atoms with Gasteiger partial charge in [0.2, 0.25) is 5.91 Å². The number of carboxylic acid groups (broad SMARTS) is 1. The van der Waals surface area contributed by atoms with Crippen LogP contribution in [0.25, 0.3) is 6.08 Å². The first-order chi connectivity index (χ1) is 7.99. The molecule has 1 aromatic rings. The maximum Gasteiger partial charge on any atom is 0.334 e. The number of aliphatic carboxylic acids is 1. The number of aliphatic hydroxyl groups excluding tert-OH is 1. The van der Waals surface area contributed by atoms with Gasteiger partial charge in [0.25, 0.3) is 0 Å². The minimum Gasteiger partial charge on any atom is -0.479 e. The molecule has 0 fully saturated rings. The first kappa shape index (κ1) is 13.5. The molecule has 0 spiro atoms. The minimum absolute atomic E-state index is 0.347. The number of carboxylic acids is 1. The van der Waals surface area contributed by atoms with E-state index in [2.05, 4.69) is 21.2 Å². The van der Waals surface area contributed by atoms with E-state index in [1.807, 2.05) is 0 Å². The highest BCUT2D eigenvalue weighted by atomic mass is 79.9. The fourth-order valence-corrected chi connectivity index (χ4v) is 1.24. The van der Waals surface area contributed by atoms with Gasteiger partial charge in [0.05, 0.1) is 6.54 Å². The molecule has 0 aliphatic rings. The first-order valence-electron chi connectivity index (χ1n) is 4.61. The molecule has 1 unspecified atom stereocenters. The second-order valence-electron chi connectivity index (χ2n) is 3.07. The summed E-state index contributed by atoms with van der Waals surface area (Å²) in [6, 6.07) is 3.33. The summed E-state index contributed by atoms with van der Waals surface area (Å²) in [6.45, 7) is -0.347. The van der Waals surface area contributed by atoms with Crippen LogP contribution in [0.5, 0.6) is 0 Å². The Morgan fingerprint density at radius 2 is 2.24 bits per heavy atom. The number of carbonyl (C=O) groups is 2. The monoisotopic (exact) mass is 303 g/mol. The molecule has 0 aromatic carbocycles. The van der Waals surface area contributed by atoms with Gasteiger partial charge < -0.3 is 19.9 Å². The van der Waals surface area contributed by atoms with Crippen LogP contribution < -0.4 is 5.32 Å². The van der Waals surface area contributed by atoms with Crippen molar-refractivity contribution in [2.24, 2.45) is 0 Å². The largest absolute Gasteiger partial charge is 0.479 e. The van der Waals surface area contributed by atoms with E-state index in [0.29, 0.717) is 10.4 Å². The number of rotatable bonds is 5. The Kier molecular flexibility index (Phi) is 4.92. The van der Waals surface area contributed by atoms with Crippen LogP contribution in [-0.4, -0.2) is 34.7 Å². The number of amides is 1. The van der Waals surface area contributed by atoms with Crippen LogP contribution in [-0.2, 0) is 9.59 Å². The third-order valence-corrected chi connectivity index (χ3v) is 2.17. The Labute approximate surface area is 105 Å². The number of furan rings is 1. The predicted octanol–water partition coefficient (Wildman–Crippen LogP) is 0.617. The third kappa shape index (κ3) is 4.83. The van der Waals surface area contributed by atoms with Crippen molar-refractivity contribution in [2.45, 2.75) is 6.10 Å². The maximum atomic E-state index is 11.2. The Morgan fingerprint density at radius 3 is 2.76 bits per heavy atom. The topological polar surface area (TPSA) is 99.8 Å². The van der Waals surface area contributed by atoms with Crippen LogP contribution in [0.1, 0.15) is 5.76 Å². The van der Waals surface area contributed by atoms with Gasteiger partial charge in [0.15, 0.2) is 10.8 Å². The van der Waals surface area contributed by atoms with E-state index in [-0.39, 0.29) is 6.54 Å². The Balaban J connectivity index is 2.39. The van der Waals surface area contributed by atoms with Crippen molar-refractivity contribution in [1.29, 1.82) is 0 Å². The van der Waals surface area contributed by atoms with E-state index in [1.54, 1.807) is 12.1 Å². The van der Waals surface area contributed by atoms with Crippen LogP contribution in [0, 0.1) is 0 Å². The summed E-state index contributed by atoms with van der Waals surface area (Å²) < 4.78 is 5.64. The summed E-state index contributed by atoms with van der Waals surface area (Å²) in [5.74, 6) is -1.42. The van der Waals surface area contributed by atoms with Gasteiger partial charge in [-0.1, -0.05) is 0 Å². The molecule has 1 heterocycles. The molecular formula is C10H10BrNO5. The van der Waals surface area contributed by atoms with Crippen LogP contribution in [0.4, 0.5) is 0 Å². The van der Waals surface area contributed by atoms with Crippen molar-refractivity contribution in [3.8, 4) is 0 Å². The van der Waals surface area contributed by atoms with E-state index in [1.165, 1.54) is 12.2 Å². The molecule has 1 amide bonds. The molecule has 0 aliphatic carbocycles. The lowest BCUT2D eigenvalue weighted by molar-refractivity contribution is -0.146. The van der Waals surface area contributed by atoms with Crippen molar-refractivity contribution in [1.82, 2.24) is 5.32 Å². The molecule has 17 heavy (non-hydrogen) atoms. The molecule has 7 heteroatoms. The van der Waals surface area contributed by atoms with Crippen LogP contribution in [0.2, 0.25) is 0 Å². The zero-order chi connectivity index (χ0) is 12.8. The van der Waals surface area contributed by atoms with E-state index < -0.39 is 18.0 Å². The maximum absolute atomic E-state index is 11.2. The van der Waals surface area contributed by atoms with E-state index in [4.69, 9.17) is 14.6 Å². The lowest BCUT2D eigenvalue weighted by Crippen LogP contribution is -2.35. The fraction of sp³-hybridized carbons (Fsp3) is 0.200. The van der Waals surface area contributed by atoms with Gasteiger partial charge in [-0.25, -0.2) is 4.79 Å². The summed E-state index contributed by atoms with van der Waals surface area (Å²) in [5.41, 5.74) is 0. The van der Waals surface area contributed by atoms with E-state index >= 15 is 0 Å². The standard InChI is InChI=1S/C10H10BrNO5/c11-8-3-1-6(17-8)2-4-9(14)12-5-7(13)10(15)16/h1-4,7,13H,5H2,(H,12,14)(H,15,16). The molecule has 92 valence electrons. The molecule has 0 aliphatic heterocycles. The fourth-order valence-electron chi connectivity index (χ4n) is 0.919. The molecule has 0 bridgehead atoms. The molecule has 1 atom stereocenters. The number of nitrogens with one attached hydrogen (secondary N) is 1. The summed E-state index contributed by atoms with van der Waals surface area (Å²) >= 11 is 3.11. The highest BCUT2D eigenvalue weighted by Gasteiger charge is 2.12. The predicted molar refractivity (Wildman–Crippen MR) is 62.1 cm³/mol. The van der Waals surface area contributed by atoms with Crippen molar-refractivity contribution in [3.63, 3.8) is 0 Å². The average molecular weight is 304 g/mol. The molecule has 3 N–H and O–H groups in total. The van der Waals surface area contributed by atoms with Gasteiger partial charge >= 0.3 is 5.97 Å². The van der Waals surface area contributed by atoms with Gasteiger partial charge in [0, 0.05) is 6.08 Å². The van der Waals surface area contributed by atoms with Gasteiger partial charge in [-0.2, -0.15) is 0 Å². The van der Waals surface area contributed by atoms with E-state index in [0.717, 1.165) is 0 Å². The molecule has 1 rings (SSSR count). The molecule has 0 saturated heterocycles. The van der Waals surface area contributed by atoms with Gasteiger partial charge in [-0.3, -0.25) is 4.79 Å². The number of hydrogen-bond donors (Lipinski definition) is 3. The Hall–Kier alpha value is -1.60. The zero-order valence-electron chi connectivity index (χ0n) is 8.59. The number of hydrogen-bond acceptors (Lipinski definition) is 4. The van der Waals surface area contributed by atoms with E-state index in [9.17, 15) is 9.59 Å². The van der Waals surface area contributed by atoms with Crippen molar-refractivity contribution in [3.05, 3.63) is 28.6 Å². The van der Waals surface area contributed by atoms with Crippen molar-refractivity contribution < 1.29 is 24.2 Å². The third-order valence-electron chi connectivity index (χ3n) is 1.75. The number of halogens is 1. The minimum atomic E-state index is -1.61. The zero-order valence-corrected chi connectivity index (χ0v) is 10.2. The lowest BCUT2D eigenvalue weighted by atomic mass is 10.3. The highest BCUT2D eigenvalue weighted by Crippen LogP contribution is 2.14. The second kappa shape index (κ2) is 6.21. The van der Waals surface area contributed by atoms with Crippen LogP contribution in [0.15, 0.2) is 27.3 Å². The average Bonchev–Trinajstić information content (AvgIpc) is 2.69. The lowest BCUT2D eigenvalue weighted by Gasteiger charge is -2.04. The highest BCUT2D eigenvalue weighted by molar-refractivity contribution is 9.10. The second-order valence-corrected chi connectivity index (χ2v) is 3.86. The van der Waals surface area contributed by atoms with Crippen molar-refractivity contribution in [2.75, 3.05) is 6.54 Å². The van der Waals surface area contributed by atoms with Crippen LogP contribution in [0.3, 0.4) is 0 Å². The molecule has 0 saturated carbocycles. The summed E-state index contributed by atoms with van der Waals surface area (Å²) in [6.07, 6.45) is 0.998. The van der Waals surface area contributed by atoms with Gasteiger partial charge in [0.1, 0.15) is 5.76 Å². The normalized spacial score (nSPS) is 12.6. The smallest absolute Gasteiger partial charge is 0.334 e. The summed E-state index contributed by atoms with van der Waals surface area (Å²) in [5, 5.41) is 19.5. The van der Waals surface area contributed by atoms with Crippen molar-refractivity contribution >= 4 is 33.9 Å². The molecule has 0 radical (unpaired) electrons. The molecule has 1 aromatic heterocycles. The Bertz CT molecular complexity index is 440.